The highest BCUT2D eigenvalue weighted by atomic mass is 16.5. The van der Waals surface area contributed by atoms with Gasteiger partial charge in [-0.05, 0) is 12.0 Å². The number of hydrogen-bond donors (Lipinski definition) is 1. The zero-order chi connectivity index (χ0) is 10.6. The van der Waals surface area contributed by atoms with Crippen LogP contribution < -0.4 is 10.5 Å². The molecule has 0 aliphatic rings. The summed E-state index contributed by atoms with van der Waals surface area (Å²) in [4.78, 5) is 3.95. The molecule has 4 heteroatoms. The van der Waals surface area contributed by atoms with Crippen molar-refractivity contribution in [3.8, 4) is 11.9 Å². The second-order valence-corrected chi connectivity index (χ2v) is 3.40. The van der Waals surface area contributed by atoms with E-state index in [1.54, 1.807) is 12.1 Å². The van der Waals surface area contributed by atoms with Crippen LogP contribution >= 0.6 is 0 Å². The summed E-state index contributed by atoms with van der Waals surface area (Å²) in [5.41, 5.74) is 6.11. The second-order valence-electron chi connectivity index (χ2n) is 3.40. The number of ether oxygens (including phenoxy) is 1. The van der Waals surface area contributed by atoms with E-state index in [4.69, 9.17) is 15.7 Å². The average Bonchev–Trinajstić information content (AvgIpc) is 2.16. The summed E-state index contributed by atoms with van der Waals surface area (Å²) < 4.78 is 5.35. The molecule has 0 bridgehead atoms. The number of nitrogen functional groups attached to an aromatic ring is 1. The Morgan fingerprint density at radius 2 is 2.29 bits per heavy atom. The molecule has 0 unspecified atom stereocenters. The third-order valence-corrected chi connectivity index (χ3v) is 1.57. The van der Waals surface area contributed by atoms with Gasteiger partial charge in [0.15, 0.2) is 5.69 Å². The topological polar surface area (TPSA) is 71.9 Å². The summed E-state index contributed by atoms with van der Waals surface area (Å²) in [5, 5.41) is 8.67. The SMILES string of the molecule is CC(C)COc1ccc(N)c(C#N)n1. The Balaban J connectivity index is 2.76. The van der Waals surface area contributed by atoms with Crippen LogP contribution in [0.4, 0.5) is 5.69 Å². The van der Waals surface area contributed by atoms with Crippen molar-refractivity contribution < 1.29 is 4.74 Å². The van der Waals surface area contributed by atoms with Crippen LogP contribution in [0.5, 0.6) is 5.88 Å². The van der Waals surface area contributed by atoms with E-state index in [9.17, 15) is 0 Å². The molecule has 0 aromatic carbocycles. The maximum absolute atomic E-state index is 8.67. The maximum Gasteiger partial charge on any atom is 0.214 e. The third kappa shape index (κ3) is 2.63. The number of pyridine rings is 1. The Labute approximate surface area is 83.3 Å². The summed E-state index contributed by atoms with van der Waals surface area (Å²) >= 11 is 0. The van der Waals surface area contributed by atoms with E-state index in [0.29, 0.717) is 24.1 Å². The minimum Gasteiger partial charge on any atom is -0.477 e. The molecule has 1 rings (SSSR count). The van der Waals surface area contributed by atoms with Crippen LogP contribution in [-0.2, 0) is 0 Å². The molecule has 0 amide bonds. The molecule has 0 radical (unpaired) electrons. The van der Waals surface area contributed by atoms with Crippen LogP contribution in [0.15, 0.2) is 12.1 Å². The second kappa shape index (κ2) is 4.47. The van der Waals surface area contributed by atoms with Crippen LogP contribution in [0.25, 0.3) is 0 Å². The van der Waals surface area contributed by atoms with Crippen LogP contribution in [0.2, 0.25) is 0 Å². The molecule has 0 fully saturated rings. The Kier molecular flexibility index (Phi) is 3.29. The molecular formula is C10H13N3O. The van der Waals surface area contributed by atoms with E-state index in [0.717, 1.165) is 0 Å². The lowest BCUT2D eigenvalue weighted by atomic mass is 10.2. The standard InChI is InChI=1S/C10H13N3O/c1-7(2)6-14-10-4-3-8(12)9(5-11)13-10/h3-4,7H,6,12H2,1-2H3. The monoisotopic (exact) mass is 191 g/mol. The van der Waals surface area contributed by atoms with Gasteiger partial charge in [-0.1, -0.05) is 13.8 Å². The number of nitrogens with zero attached hydrogens (tertiary/aromatic N) is 2. The molecule has 1 aromatic rings. The van der Waals surface area contributed by atoms with Gasteiger partial charge in [0.05, 0.1) is 12.3 Å². The summed E-state index contributed by atoms with van der Waals surface area (Å²) in [7, 11) is 0. The predicted octanol–water partition coefficient (Wildman–Crippen LogP) is 1.57. The van der Waals surface area contributed by atoms with Gasteiger partial charge < -0.3 is 10.5 Å². The number of rotatable bonds is 3. The Morgan fingerprint density at radius 1 is 1.57 bits per heavy atom. The van der Waals surface area contributed by atoms with Crippen molar-refractivity contribution in [2.45, 2.75) is 13.8 Å². The van der Waals surface area contributed by atoms with Gasteiger partial charge in [0.2, 0.25) is 5.88 Å². The summed E-state index contributed by atoms with van der Waals surface area (Å²) in [6, 6.07) is 5.20. The molecule has 14 heavy (non-hydrogen) atoms. The normalized spacial score (nSPS) is 9.86. The first-order chi connectivity index (χ1) is 6.63. The highest BCUT2D eigenvalue weighted by molar-refractivity contribution is 5.50. The molecule has 2 N–H and O–H groups in total. The zero-order valence-corrected chi connectivity index (χ0v) is 8.32. The van der Waals surface area contributed by atoms with Gasteiger partial charge in [0.25, 0.3) is 0 Å². The molecule has 4 nitrogen and oxygen atoms in total. The van der Waals surface area contributed by atoms with E-state index in [1.807, 2.05) is 19.9 Å². The van der Waals surface area contributed by atoms with Gasteiger partial charge in [-0.15, -0.1) is 0 Å². The Morgan fingerprint density at radius 3 is 2.86 bits per heavy atom. The fourth-order valence-electron chi connectivity index (χ4n) is 0.874. The Hall–Kier alpha value is -1.76. The summed E-state index contributed by atoms with van der Waals surface area (Å²) in [6.45, 7) is 4.67. The first-order valence-corrected chi connectivity index (χ1v) is 4.43. The molecule has 0 aliphatic heterocycles. The van der Waals surface area contributed by atoms with E-state index in [-0.39, 0.29) is 5.69 Å². The van der Waals surface area contributed by atoms with Gasteiger partial charge in [0.1, 0.15) is 6.07 Å². The zero-order valence-electron chi connectivity index (χ0n) is 8.32. The van der Waals surface area contributed by atoms with E-state index in [1.165, 1.54) is 0 Å². The first kappa shape index (κ1) is 10.3. The molecule has 0 spiro atoms. The van der Waals surface area contributed by atoms with Crippen molar-refractivity contribution in [3.63, 3.8) is 0 Å². The van der Waals surface area contributed by atoms with Crippen molar-refractivity contribution in [1.29, 1.82) is 5.26 Å². The number of hydrogen-bond acceptors (Lipinski definition) is 4. The Bertz CT molecular complexity index is 355. The van der Waals surface area contributed by atoms with Gasteiger partial charge in [-0.25, -0.2) is 4.98 Å². The third-order valence-electron chi connectivity index (χ3n) is 1.57. The lowest BCUT2D eigenvalue weighted by Gasteiger charge is -2.07. The smallest absolute Gasteiger partial charge is 0.214 e. The van der Waals surface area contributed by atoms with Crippen molar-refractivity contribution in [1.82, 2.24) is 4.98 Å². The minimum atomic E-state index is 0.214. The van der Waals surface area contributed by atoms with Crippen molar-refractivity contribution in [3.05, 3.63) is 17.8 Å². The molecule has 1 aromatic heterocycles. The van der Waals surface area contributed by atoms with E-state index in [2.05, 4.69) is 4.98 Å². The lowest BCUT2D eigenvalue weighted by Crippen LogP contribution is -2.06. The van der Waals surface area contributed by atoms with E-state index < -0.39 is 0 Å². The van der Waals surface area contributed by atoms with Crippen LogP contribution in [0, 0.1) is 17.2 Å². The fraction of sp³-hybridized carbons (Fsp3) is 0.400. The highest BCUT2D eigenvalue weighted by Gasteiger charge is 2.03. The molecule has 0 aliphatic carbocycles. The van der Waals surface area contributed by atoms with E-state index >= 15 is 0 Å². The largest absolute Gasteiger partial charge is 0.477 e. The van der Waals surface area contributed by atoms with Crippen molar-refractivity contribution in [2.24, 2.45) is 5.92 Å². The predicted molar refractivity (Wildman–Crippen MR) is 53.7 cm³/mol. The van der Waals surface area contributed by atoms with Gasteiger partial charge in [0, 0.05) is 6.07 Å². The number of aromatic nitrogens is 1. The minimum absolute atomic E-state index is 0.214. The quantitative estimate of drug-likeness (QED) is 0.787. The number of nitriles is 1. The highest BCUT2D eigenvalue weighted by Crippen LogP contribution is 2.14. The number of nitrogens with two attached hydrogens (primary N) is 1. The summed E-state index contributed by atoms with van der Waals surface area (Å²) in [6.07, 6.45) is 0. The maximum atomic E-state index is 8.67. The molecule has 74 valence electrons. The van der Waals surface area contributed by atoms with Crippen LogP contribution in [-0.4, -0.2) is 11.6 Å². The lowest BCUT2D eigenvalue weighted by molar-refractivity contribution is 0.261. The summed E-state index contributed by atoms with van der Waals surface area (Å²) in [5.74, 6) is 0.879. The first-order valence-electron chi connectivity index (χ1n) is 4.43. The average molecular weight is 191 g/mol. The molecule has 0 atom stereocenters. The molecule has 0 saturated carbocycles. The van der Waals surface area contributed by atoms with Gasteiger partial charge in [-0.2, -0.15) is 5.26 Å². The van der Waals surface area contributed by atoms with Gasteiger partial charge >= 0.3 is 0 Å². The number of anilines is 1. The van der Waals surface area contributed by atoms with Crippen LogP contribution in [0.1, 0.15) is 19.5 Å². The molecule has 1 heterocycles. The van der Waals surface area contributed by atoms with Crippen LogP contribution in [0.3, 0.4) is 0 Å². The van der Waals surface area contributed by atoms with Crippen molar-refractivity contribution in [2.75, 3.05) is 12.3 Å². The molecule has 0 saturated heterocycles. The van der Waals surface area contributed by atoms with Gasteiger partial charge in [-0.3, -0.25) is 0 Å². The fourth-order valence-corrected chi connectivity index (χ4v) is 0.874. The van der Waals surface area contributed by atoms with Crippen molar-refractivity contribution >= 4 is 5.69 Å². The molecular weight excluding hydrogens is 178 g/mol.